The Labute approximate surface area is 160 Å². The van der Waals surface area contributed by atoms with E-state index < -0.39 is 5.60 Å². The summed E-state index contributed by atoms with van der Waals surface area (Å²) in [4.78, 5) is 14.8. The van der Waals surface area contributed by atoms with Gasteiger partial charge in [0.1, 0.15) is 5.75 Å². The van der Waals surface area contributed by atoms with Crippen LogP contribution in [0, 0.1) is 11.8 Å². The topological polar surface area (TPSA) is 49.8 Å². The second-order valence-corrected chi connectivity index (χ2v) is 8.16. The van der Waals surface area contributed by atoms with Crippen LogP contribution < -0.4 is 4.74 Å². The lowest BCUT2D eigenvalue weighted by molar-refractivity contribution is 0.0355. The summed E-state index contributed by atoms with van der Waals surface area (Å²) < 4.78 is 5.15. The molecule has 0 aromatic heterocycles. The molecule has 27 heavy (non-hydrogen) atoms. The fraction of sp³-hybridized carbons (Fsp3) is 0.435. The number of nitrogens with zero attached hydrogens (tertiary/aromatic N) is 1. The zero-order valence-electron chi connectivity index (χ0n) is 15.8. The molecule has 3 atom stereocenters. The molecule has 4 heteroatoms. The molecule has 1 N–H and O–H groups in total. The highest BCUT2D eigenvalue weighted by atomic mass is 16.5. The number of benzene rings is 2. The lowest BCUT2D eigenvalue weighted by Crippen LogP contribution is -2.34. The third-order valence-electron chi connectivity index (χ3n) is 6.09. The highest BCUT2D eigenvalue weighted by Gasteiger charge is 2.48. The number of methoxy groups -OCH3 is 1. The maximum absolute atomic E-state index is 12.6. The molecule has 2 aliphatic rings. The first-order chi connectivity index (χ1) is 13.0. The van der Waals surface area contributed by atoms with Crippen molar-refractivity contribution < 1.29 is 14.6 Å². The number of ketones is 1. The summed E-state index contributed by atoms with van der Waals surface area (Å²) in [7, 11) is 1.62. The molecule has 0 unspecified atom stereocenters. The number of rotatable bonds is 6. The summed E-state index contributed by atoms with van der Waals surface area (Å²) in [6.07, 6.45) is 2.39. The van der Waals surface area contributed by atoms with E-state index in [4.69, 9.17) is 4.74 Å². The summed E-state index contributed by atoms with van der Waals surface area (Å²) in [5.74, 6) is 1.89. The molecule has 2 aromatic carbocycles. The van der Waals surface area contributed by atoms with Crippen molar-refractivity contribution in [1.29, 1.82) is 0 Å². The zero-order chi connectivity index (χ0) is 18.9. The van der Waals surface area contributed by atoms with Crippen molar-refractivity contribution in [2.24, 2.45) is 11.8 Å². The van der Waals surface area contributed by atoms with Crippen LogP contribution in [0.3, 0.4) is 0 Å². The summed E-state index contributed by atoms with van der Waals surface area (Å²) in [5, 5.41) is 11.0. The zero-order valence-corrected chi connectivity index (χ0v) is 15.8. The van der Waals surface area contributed by atoms with E-state index >= 15 is 0 Å². The van der Waals surface area contributed by atoms with E-state index in [0.717, 1.165) is 43.7 Å². The predicted octanol–water partition coefficient (Wildman–Crippen LogP) is 3.19. The Morgan fingerprint density at radius 1 is 1.07 bits per heavy atom. The van der Waals surface area contributed by atoms with Gasteiger partial charge in [0.25, 0.3) is 0 Å². The van der Waals surface area contributed by atoms with Crippen molar-refractivity contribution in [3.63, 3.8) is 0 Å². The van der Waals surface area contributed by atoms with E-state index in [1.54, 1.807) is 7.11 Å². The lowest BCUT2D eigenvalue weighted by Gasteiger charge is -2.26. The molecule has 0 spiro atoms. The Kier molecular flexibility index (Phi) is 5.02. The standard InChI is InChI=1S/C23H27NO3/c1-27-21-9-7-18(8-10-21)22(25)16-24-14-19-12-23(26,13-20(19)15-24)11-17-5-3-2-4-6-17/h2-10,19-20,26H,11-16H2,1H3/t19-,20+,23+. The molecule has 4 nitrogen and oxygen atoms in total. The van der Waals surface area contributed by atoms with Crippen LogP contribution in [0.2, 0.25) is 0 Å². The van der Waals surface area contributed by atoms with Gasteiger partial charge in [-0.2, -0.15) is 0 Å². The van der Waals surface area contributed by atoms with Gasteiger partial charge in [-0.05, 0) is 54.5 Å². The minimum Gasteiger partial charge on any atom is -0.497 e. The highest BCUT2D eigenvalue weighted by Crippen LogP contribution is 2.45. The quantitative estimate of drug-likeness (QED) is 0.799. The number of ether oxygens (including phenoxy) is 1. The van der Waals surface area contributed by atoms with Gasteiger partial charge in [-0.15, -0.1) is 0 Å². The lowest BCUT2D eigenvalue weighted by atomic mass is 9.91. The van der Waals surface area contributed by atoms with Gasteiger partial charge in [-0.1, -0.05) is 30.3 Å². The molecule has 1 saturated heterocycles. The first-order valence-electron chi connectivity index (χ1n) is 9.70. The molecular weight excluding hydrogens is 338 g/mol. The van der Waals surface area contributed by atoms with Gasteiger partial charge in [0.15, 0.2) is 5.78 Å². The maximum atomic E-state index is 12.6. The third kappa shape index (κ3) is 4.07. The Morgan fingerprint density at radius 3 is 2.30 bits per heavy atom. The van der Waals surface area contributed by atoms with Crippen LogP contribution in [0.5, 0.6) is 5.75 Å². The van der Waals surface area contributed by atoms with E-state index in [1.165, 1.54) is 5.56 Å². The van der Waals surface area contributed by atoms with Crippen molar-refractivity contribution in [1.82, 2.24) is 4.90 Å². The molecular formula is C23H27NO3. The van der Waals surface area contributed by atoms with Gasteiger partial charge >= 0.3 is 0 Å². The van der Waals surface area contributed by atoms with Crippen LogP contribution >= 0.6 is 0 Å². The van der Waals surface area contributed by atoms with Crippen LogP contribution in [0.15, 0.2) is 54.6 Å². The molecule has 1 aliphatic carbocycles. The normalized spacial score (nSPS) is 27.5. The minimum absolute atomic E-state index is 0.150. The van der Waals surface area contributed by atoms with Crippen LogP contribution in [0.25, 0.3) is 0 Å². The van der Waals surface area contributed by atoms with Gasteiger partial charge < -0.3 is 9.84 Å². The molecule has 1 saturated carbocycles. The van der Waals surface area contributed by atoms with Crippen molar-refractivity contribution in [3.8, 4) is 5.75 Å². The number of hydrogen-bond acceptors (Lipinski definition) is 4. The number of Topliss-reactive ketones (excluding diaryl/α,β-unsaturated/α-hetero) is 1. The van der Waals surface area contributed by atoms with Crippen LogP contribution in [0.4, 0.5) is 0 Å². The summed E-state index contributed by atoms with van der Waals surface area (Å²) in [6, 6.07) is 17.6. The number of carbonyl (C=O) groups is 1. The summed E-state index contributed by atoms with van der Waals surface area (Å²) >= 11 is 0. The monoisotopic (exact) mass is 365 g/mol. The Morgan fingerprint density at radius 2 is 1.70 bits per heavy atom. The average Bonchev–Trinajstić information content (AvgIpc) is 3.16. The number of likely N-dealkylation sites (tertiary alicyclic amines) is 1. The van der Waals surface area contributed by atoms with Crippen LogP contribution in [-0.4, -0.2) is 48.1 Å². The van der Waals surface area contributed by atoms with Gasteiger partial charge in [0, 0.05) is 25.1 Å². The highest BCUT2D eigenvalue weighted by molar-refractivity contribution is 5.97. The number of hydrogen-bond donors (Lipinski definition) is 1. The van der Waals surface area contributed by atoms with Crippen molar-refractivity contribution in [2.45, 2.75) is 24.9 Å². The number of aliphatic hydroxyl groups is 1. The Bertz CT molecular complexity index is 773. The summed E-state index contributed by atoms with van der Waals surface area (Å²) in [5.41, 5.74) is 1.34. The molecule has 142 valence electrons. The third-order valence-corrected chi connectivity index (χ3v) is 6.09. The molecule has 1 aliphatic heterocycles. The van der Waals surface area contributed by atoms with Crippen LogP contribution in [-0.2, 0) is 6.42 Å². The van der Waals surface area contributed by atoms with E-state index in [0.29, 0.717) is 18.4 Å². The van der Waals surface area contributed by atoms with Crippen molar-refractivity contribution >= 4 is 5.78 Å². The summed E-state index contributed by atoms with van der Waals surface area (Å²) in [6.45, 7) is 2.27. The molecule has 0 amide bonds. The minimum atomic E-state index is -0.594. The van der Waals surface area contributed by atoms with Crippen LogP contribution in [0.1, 0.15) is 28.8 Å². The van der Waals surface area contributed by atoms with Gasteiger partial charge in [-0.25, -0.2) is 0 Å². The number of carbonyl (C=O) groups excluding carboxylic acids is 1. The molecule has 0 bridgehead atoms. The molecule has 2 aromatic rings. The van der Waals surface area contributed by atoms with Gasteiger partial charge in [-0.3, -0.25) is 9.69 Å². The number of fused-ring (bicyclic) bond motifs is 1. The smallest absolute Gasteiger partial charge is 0.176 e. The Hall–Kier alpha value is -2.17. The Balaban J connectivity index is 1.32. The first-order valence-corrected chi connectivity index (χ1v) is 9.70. The molecule has 2 fully saturated rings. The van der Waals surface area contributed by atoms with Gasteiger partial charge in [0.2, 0.25) is 0 Å². The molecule has 1 heterocycles. The van der Waals surface area contributed by atoms with E-state index in [-0.39, 0.29) is 5.78 Å². The SMILES string of the molecule is COc1ccc(C(=O)CN2C[C@@H]3C[C@](O)(Cc4ccccc4)C[C@@H]3C2)cc1. The molecule has 0 radical (unpaired) electrons. The maximum Gasteiger partial charge on any atom is 0.176 e. The fourth-order valence-electron chi connectivity index (χ4n) is 4.88. The molecule has 4 rings (SSSR count). The fourth-order valence-corrected chi connectivity index (χ4v) is 4.88. The largest absolute Gasteiger partial charge is 0.497 e. The van der Waals surface area contributed by atoms with Crippen molar-refractivity contribution in [3.05, 3.63) is 65.7 Å². The predicted molar refractivity (Wildman–Crippen MR) is 105 cm³/mol. The average molecular weight is 365 g/mol. The first kappa shape index (κ1) is 18.2. The van der Waals surface area contributed by atoms with E-state index in [9.17, 15) is 9.90 Å². The van der Waals surface area contributed by atoms with E-state index in [1.807, 2.05) is 42.5 Å². The van der Waals surface area contributed by atoms with E-state index in [2.05, 4.69) is 17.0 Å². The second kappa shape index (κ2) is 7.45. The van der Waals surface area contributed by atoms with Gasteiger partial charge in [0.05, 0.1) is 19.3 Å². The second-order valence-electron chi connectivity index (χ2n) is 8.16. The van der Waals surface area contributed by atoms with Crippen molar-refractivity contribution in [2.75, 3.05) is 26.7 Å².